The molecule has 0 amide bonds. The SMILES string of the molecule is CC(C)c1cc2cc3c(cc2nc1NN)OCCO3. The summed E-state index contributed by atoms with van der Waals surface area (Å²) in [6.07, 6.45) is 0. The number of aromatic nitrogens is 1. The van der Waals surface area contributed by atoms with Gasteiger partial charge in [0.2, 0.25) is 0 Å². The van der Waals surface area contributed by atoms with Gasteiger partial charge >= 0.3 is 0 Å². The highest BCUT2D eigenvalue weighted by atomic mass is 16.6. The number of hydrogen-bond donors (Lipinski definition) is 2. The first-order valence-corrected chi connectivity index (χ1v) is 6.40. The Morgan fingerprint density at radius 2 is 1.84 bits per heavy atom. The van der Waals surface area contributed by atoms with Crippen LogP contribution >= 0.6 is 0 Å². The number of rotatable bonds is 2. The summed E-state index contributed by atoms with van der Waals surface area (Å²) in [5.74, 6) is 8.12. The van der Waals surface area contributed by atoms with E-state index in [4.69, 9.17) is 15.3 Å². The Labute approximate surface area is 111 Å². The lowest BCUT2D eigenvalue weighted by molar-refractivity contribution is 0.172. The summed E-state index contributed by atoms with van der Waals surface area (Å²) >= 11 is 0. The summed E-state index contributed by atoms with van der Waals surface area (Å²) in [5, 5.41) is 1.03. The van der Waals surface area contributed by atoms with E-state index in [1.165, 1.54) is 0 Å². The number of nitrogens with zero attached hydrogens (tertiary/aromatic N) is 1. The predicted octanol–water partition coefficient (Wildman–Crippen LogP) is 2.42. The fourth-order valence-electron chi connectivity index (χ4n) is 2.28. The van der Waals surface area contributed by atoms with Gasteiger partial charge in [0.05, 0.1) is 5.52 Å². The quantitative estimate of drug-likeness (QED) is 0.640. The highest BCUT2D eigenvalue weighted by Crippen LogP contribution is 2.36. The molecule has 0 unspecified atom stereocenters. The number of nitrogens with two attached hydrogens (primary N) is 1. The Hall–Kier alpha value is -2.01. The van der Waals surface area contributed by atoms with Gasteiger partial charge in [-0.05, 0) is 23.6 Å². The number of nitrogens with one attached hydrogen (secondary N) is 1. The van der Waals surface area contributed by atoms with Gasteiger partial charge < -0.3 is 14.9 Å². The fraction of sp³-hybridized carbons (Fsp3) is 0.357. The van der Waals surface area contributed by atoms with E-state index in [0.29, 0.717) is 24.9 Å². The zero-order chi connectivity index (χ0) is 13.4. The number of nitrogen functional groups attached to an aromatic ring is 1. The van der Waals surface area contributed by atoms with E-state index in [9.17, 15) is 0 Å². The molecule has 1 aromatic heterocycles. The number of pyridine rings is 1. The molecule has 0 saturated carbocycles. The molecule has 0 spiro atoms. The van der Waals surface area contributed by atoms with Crippen LogP contribution in [0.4, 0.5) is 5.82 Å². The highest BCUT2D eigenvalue weighted by Gasteiger charge is 2.15. The average molecular weight is 259 g/mol. The Balaban J connectivity index is 2.21. The predicted molar refractivity (Wildman–Crippen MR) is 74.6 cm³/mol. The third-order valence-corrected chi connectivity index (χ3v) is 3.27. The van der Waals surface area contributed by atoms with E-state index < -0.39 is 0 Å². The first-order chi connectivity index (χ1) is 9.19. The first kappa shape index (κ1) is 12.0. The first-order valence-electron chi connectivity index (χ1n) is 6.40. The molecule has 0 fully saturated rings. The molecule has 3 N–H and O–H groups in total. The normalized spacial score (nSPS) is 13.9. The van der Waals surface area contributed by atoms with Crippen molar-refractivity contribution < 1.29 is 9.47 Å². The fourth-order valence-corrected chi connectivity index (χ4v) is 2.28. The molecule has 1 aliphatic rings. The van der Waals surface area contributed by atoms with Crippen molar-refractivity contribution >= 4 is 16.7 Å². The van der Waals surface area contributed by atoms with Crippen LogP contribution in [0.15, 0.2) is 18.2 Å². The molecule has 5 heteroatoms. The van der Waals surface area contributed by atoms with Crippen molar-refractivity contribution in [3.05, 3.63) is 23.8 Å². The summed E-state index contributed by atoms with van der Waals surface area (Å²) in [4.78, 5) is 4.55. The molecular weight excluding hydrogens is 242 g/mol. The summed E-state index contributed by atoms with van der Waals surface area (Å²) in [7, 11) is 0. The Morgan fingerprint density at radius 3 is 2.47 bits per heavy atom. The van der Waals surface area contributed by atoms with Crippen molar-refractivity contribution in [3.8, 4) is 11.5 Å². The van der Waals surface area contributed by atoms with E-state index in [2.05, 4.69) is 30.3 Å². The third-order valence-electron chi connectivity index (χ3n) is 3.27. The van der Waals surface area contributed by atoms with Gasteiger partial charge in [0.1, 0.15) is 19.0 Å². The van der Waals surface area contributed by atoms with Crippen LogP contribution in [-0.2, 0) is 0 Å². The van der Waals surface area contributed by atoms with Gasteiger partial charge in [0.15, 0.2) is 11.5 Å². The minimum atomic E-state index is 0.344. The van der Waals surface area contributed by atoms with Gasteiger partial charge in [-0.25, -0.2) is 10.8 Å². The maximum absolute atomic E-state index is 5.60. The monoisotopic (exact) mass is 259 g/mol. The van der Waals surface area contributed by atoms with Crippen molar-refractivity contribution in [3.63, 3.8) is 0 Å². The standard InChI is InChI=1S/C14H17N3O2/c1-8(2)10-5-9-6-12-13(19-4-3-18-12)7-11(9)16-14(10)17-15/h5-8H,3-4,15H2,1-2H3,(H,16,17). The molecule has 0 saturated heterocycles. The summed E-state index contributed by atoms with van der Waals surface area (Å²) in [5.41, 5.74) is 4.60. The van der Waals surface area contributed by atoms with E-state index in [1.807, 2.05) is 12.1 Å². The van der Waals surface area contributed by atoms with Crippen LogP contribution in [0.25, 0.3) is 10.9 Å². The van der Waals surface area contributed by atoms with E-state index in [1.54, 1.807) is 0 Å². The molecule has 0 bridgehead atoms. The number of anilines is 1. The van der Waals surface area contributed by atoms with Gasteiger partial charge in [0, 0.05) is 11.5 Å². The van der Waals surface area contributed by atoms with Crippen LogP contribution < -0.4 is 20.7 Å². The van der Waals surface area contributed by atoms with Gasteiger partial charge in [-0.1, -0.05) is 13.8 Å². The summed E-state index contributed by atoms with van der Waals surface area (Å²) in [6.45, 7) is 5.39. The van der Waals surface area contributed by atoms with Crippen LogP contribution in [0.3, 0.4) is 0 Å². The van der Waals surface area contributed by atoms with Crippen molar-refractivity contribution in [2.24, 2.45) is 5.84 Å². The second-order valence-corrected chi connectivity index (χ2v) is 4.91. The van der Waals surface area contributed by atoms with Crippen molar-refractivity contribution in [1.29, 1.82) is 0 Å². The smallest absolute Gasteiger partial charge is 0.163 e. The molecule has 1 aromatic carbocycles. The minimum absolute atomic E-state index is 0.344. The van der Waals surface area contributed by atoms with Crippen LogP contribution in [0.5, 0.6) is 11.5 Å². The number of hydrogen-bond acceptors (Lipinski definition) is 5. The topological polar surface area (TPSA) is 69.4 Å². The Morgan fingerprint density at radius 1 is 1.16 bits per heavy atom. The molecule has 0 atom stereocenters. The second-order valence-electron chi connectivity index (χ2n) is 4.91. The number of fused-ring (bicyclic) bond motifs is 2. The van der Waals surface area contributed by atoms with Crippen LogP contribution in [0, 0.1) is 0 Å². The van der Waals surface area contributed by atoms with Gasteiger partial charge in [0.25, 0.3) is 0 Å². The maximum Gasteiger partial charge on any atom is 0.163 e. The molecule has 2 aromatic rings. The van der Waals surface area contributed by atoms with Gasteiger partial charge in [-0.15, -0.1) is 0 Å². The van der Waals surface area contributed by atoms with Crippen LogP contribution in [0.1, 0.15) is 25.3 Å². The summed E-state index contributed by atoms with van der Waals surface area (Å²) < 4.78 is 11.2. The lowest BCUT2D eigenvalue weighted by Gasteiger charge is -2.19. The number of benzene rings is 1. The maximum atomic E-state index is 5.60. The average Bonchev–Trinajstić information content (AvgIpc) is 2.43. The molecule has 100 valence electrons. The molecule has 3 rings (SSSR count). The van der Waals surface area contributed by atoms with E-state index in [-0.39, 0.29) is 0 Å². The Bertz CT molecular complexity index is 626. The van der Waals surface area contributed by atoms with E-state index >= 15 is 0 Å². The second kappa shape index (κ2) is 4.59. The molecule has 0 aliphatic carbocycles. The molecule has 2 heterocycles. The highest BCUT2D eigenvalue weighted by molar-refractivity contribution is 5.85. The number of hydrazine groups is 1. The number of ether oxygens (including phenoxy) is 2. The molecule has 0 radical (unpaired) electrons. The van der Waals surface area contributed by atoms with Crippen molar-refractivity contribution in [2.45, 2.75) is 19.8 Å². The summed E-state index contributed by atoms with van der Waals surface area (Å²) in [6, 6.07) is 5.97. The van der Waals surface area contributed by atoms with Gasteiger partial charge in [-0.2, -0.15) is 0 Å². The zero-order valence-electron chi connectivity index (χ0n) is 11.1. The lowest BCUT2D eigenvalue weighted by Crippen LogP contribution is -2.15. The van der Waals surface area contributed by atoms with Crippen LogP contribution in [-0.4, -0.2) is 18.2 Å². The van der Waals surface area contributed by atoms with Crippen LogP contribution in [0.2, 0.25) is 0 Å². The molecule has 1 aliphatic heterocycles. The molecule has 19 heavy (non-hydrogen) atoms. The Kier molecular flexibility index (Phi) is 2.91. The van der Waals surface area contributed by atoms with E-state index in [0.717, 1.165) is 28.0 Å². The zero-order valence-corrected chi connectivity index (χ0v) is 11.1. The van der Waals surface area contributed by atoms with Crippen molar-refractivity contribution in [1.82, 2.24) is 4.98 Å². The van der Waals surface area contributed by atoms with Gasteiger partial charge in [-0.3, -0.25) is 0 Å². The minimum Gasteiger partial charge on any atom is -0.486 e. The van der Waals surface area contributed by atoms with Crippen molar-refractivity contribution in [2.75, 3.05) is 18.6 Å². The largest absolute Gasteiger partial charge is 0.486 e. The molecular formula is C14H17N3O2. The third kappa shape index (κ3) is 2.06. The molecule has 5 nitrogen and oxygen atoms in total. The lowest BCUT2D eigenvalue weighted by atomic mass is 10.0.